The molecule has 15 heteroatoms. The van der Waals surface area contributed by atoms with E-state index in [2.05, 4.69) is 5.29 Å². The van der Waals surface area contributed by atoms with E-state index in [1.165, 1.54) is 0 Å². The minimum atomic E-state index is -5.92. The number of rotatable bonds is 8. The molecule has 0 radical (unpaired) electrons. The first-order valence-corrected chi connectivity index (χ1v) is 8.88. The minimum Gasteiger partial charge on any atom is -0.367 e. The second-order valence-corrected chi connectivity index (χ2v) is 8.07. The van der Waals surface area contributed by atoms with E-state index in [1.807, 2.05) is 0 Å². The molecular formula is C6H14ClN3O9P2. The summed E-state index contributed by atoms with van der Waals surface area (Å²) in [5.41, 5.74) is 5.07. The number of amides is 1. The van der Waals surface area contributed by atoms with Crippen molar-refractivity contribution in [1.29, 1.82) is 0 Å². The van der Waals surface area contributed by atoms with Crippen LogP contribution in [0.2, 0.25) is 0 Å². The number of nitrogens with zero attached hydrogens (tertiary/aromatic N) is 2. The quantitative estimate of drug-likeness (QED) is 0.124. The number of nitroso groups, excluding NO2 is 1. The molecule has 0 heterocycles. The van der Waals surface area contributed by atoms with Crippen molar-refractivity contribution in [3.63, 3.8) is 0 Å². The molecule has 0 saturated carbocycles. The molecule has 0 bridgehead atoms. The van der Waals surface area contributed by atoms with E-state index in [1.54, 1.807) is 0 Å². The molecule has 0 aromatic heterocycles. The Morgan fingerprint density at radius 3 is 1.95 bits per heavy atom. The van der Waals surface area contributed by atoms with Crippen LogP contribution in [0, 0.1) is 10.8 Å². The fraction of sp³-hybridized carbons (Fsp3) is 0.833. The maximum Gasteiger partial charge on any atom is 0.370 e. The highest BCUT2D eigenvalue weighted by Gasteiger charge is 2.66. The van der Waals surface area contributed by atoms with Crippen molar-refractivity contribution in [2.45, 2.75) is 5.08 Å². The summed E-state index contributed by atoms with van der Waals surface area (Å²) in [6, 6.07) is 0. The van der Waals surface area contributed by atoms with Crippen LogP contribution in [0.15, 0.2) is 5.29 Å². The average molecular weight is 370 g/mol. The van der Waals surface area contributed by atoms with Gasteiger partial charge in [0.1, 0.15) is 5.92 Å². The molecule has 1 amide bonds. The summed E-state index contributed by atoms with van der Waals surface area (Å²) in [6.45, 7) is -1.58. The van der Waals surface area contributed by atoms with Crippen molar-refractivity contribution < 1.29 is 38.6 Å². The molecule has 0 fully saturated rings. The second kappa shape index (κ2) is 7.23. The molecule has 0 spiro atoms. The van der Waals surface area contributed by atoms with Crippen LogP contribution in [0.25, 0.3) is 0 Å². The van der Waals surface area contributed by atoms with Crippen LogP contribution in [0.4, 0.5) is 0 Å². The third kappa shape index (κ3) is 4.07. The van der Waals surface area contributed by atoms with Gasteiger partial charge in [0.25, 0.3) is 11.0 Å². The van der Waals surface area contributed by atoms with Gasteiger partial charge >= 0.3 is 15.2 Å². The summed E-state index contributed by atoms with van der Waals surface area (Å²) in [4.78, 5) is 58.4. The van der Waals surface area contributed by atoms with Gasteiger partial charge in [0.05, 0.1) is 11.8 Å². The Labute approximate surface area is 123 Å². The van der Waals surface area contributed by atoms with E-state index in [4.69, 9.17) is 36.9 Å². The van der Waals surface area contributed by atoms with Crippen molar-refractivity contribution in [1.82, 2.24) is 5.01 Å². The van der Waals surface area contributed by atoms with E-state index in [9.17, 15) is 23.9 Å². The summed E-state index contributed by atoms with van der Waals surface area (Å²) in [6.07, 6.45) is 0. The molecule has 1 unspecified atom stereocenters. The average Bonchev–Trinajstić information content (AvgIpc) is 2.33. The molecule has 12 nitrogen and oxygen atoms in total. The predicted molar refractivity (Wildman–Crippen MR) is 69.8 cm³/mol. The number of hydrogen-bond acceptors (Lipinski definition) is 7. The normalized spacial score (nSPS) is 14.6. The lowest BCUT2D eigenvalue weighted by Crippen LogP contribution is -2.50. The number of nitrogens with two attached hydrogens (primary N) is 1. The zero-order valence-corrected chi connectivity index (χ0v) is 12.9. The first-order chi connectivity index (χ1) is 9.38. The molecule has 124 valence electrons. The highest BCUT2D eigenvalue weighted by atomic mass is 35.5. The third-order valence-electron chi connectivity index (χ3n) is 2.51. The lowest BCUT2D eigenvalue weighted by Gasteiger charge is -2.35. The van der Waals surface area contributed by atoms with E-state index in [0.29, 0.717) is 0 Å². The Morgan fingerprint density at radius 2 is 1.71 bits per heavy atom. The van der Waals surface area contributed by atoms with E-state index >= 15 is 0 Å². The van der Waals surface area contributed by atoms with E-state index in [0.717, 1.165) is 0 Å². The summed E-state index contributed by atoms with van der Waals surface area (Å²) >= 11 is 5.27. The Morgan fingerprint density at radius 1 is 1.29 bits per heavy atom. The molecule has 0 aromatic carbocycles. The van der Waals surface area contributed by atoms with Gasteiger partial charge in [0.15, 0.2) is 0 Å². The van der Waals surface area contributed by atoms with Crippen LogP contribution in [-0.4, -0.2) is 59.6 Å². The number of aliphatic hydroxyl groups is 1. The van der Waals surface area contributed by atoms with E-state index < -0.39 is 45.2 Å². The second-order valence-electron chi connectivity index (χ2n) is 3.80. The molecule has 0 rings (SSSR count). The molecule has 0 aliphatic heterocycles. The van der Waals surface area contributed by atoms with Crippen LogP contribution in [0.1, 0.15) is 0 Å². The lowest BCUT2D eigenvalue weighted by atomic mass is 10.1. The van der Waals surface area contributed by atoms with Gasteiger partial charge < -0.3 is 30.4 Å². The Balaban J connectivity index is 5.99. The predicted octanol–water partition coefficient (Wildman–Crippen LogP) is -1.69. The molecule has 0 aromatic rings. The Bertz CT molecular complexity index is 468. The molecule has 1 atom stereocenters. The topological polar surface area (TPSA) is 211 Å². The van der Waals surface area contributed by atoms with Crippen molar-refractivity contribution in [3.8, 4) is 0 Å². The van der Waals surface area contributed by atoms with Crippen LogP contribution < -0.4 is 5.73 Å². The van der Waals surface area contributed by atoms with Gasteiger partial charge in [-0.3, -0.25) is 13.9 Å². The van der Waals surface area contributed by atoms with Crippen molar-refractivity contribution >= 4 is 32.7 Å². The number of carbonyl (C=O) groups is 1. The number of halogens is 1. The maximum atomic E-state index is 11.9. The zero-order chi connectivity index (χ0) is 17.1. The monoisotopic (exact) mass is 369 g/mol. The van der Waals surface area contributed by atoms with Gasteiger partial charge in [0, 0.05) is 12.4 Å². The minimum absolute atomic E-state index is 0.0564. The number of alkyl halides is 1. The summed E-state index contributed by atoms with van der Waals surface area (Å²) in [5, 5.41) is 7.97. The number of carbonyl (C=O) groups excluding carboxylic acids is 1. The van der Waals surface area contributed by atoms with Crippen LogP contribution in [0.5, 0.6) is 0 Å². The molecule has 7 N–H and O–H groups in total. The van der Waals surface area contributed by atoms with E-state index in [-0.39, 0.29) is 10.9 Å². The molecule has 0 aliphatic rings. The fourth-order valence-corrected chi connectivity index (χ4v) is 4.21. The summed E-state index contributed by atoms with van der Waals surface area (Å²) in [7, 11) is -11.8. The van der Waals surface area contributed by atoms with Gasteiger partial charge in [-0.15, -0.1) is 16.5 Å². The van der Waals surface area contributed by atoms with Crippen molar-refractivity contribution in [2.75, 3.05) is 19.0 Å². The van der Waals surface area contributed by atoms with Crippen LogP contribution in [0.3, 0.4) is 0 Å². The smallest absolute Gasteiger partial charge is 0.367 e. The SMILES string of the molecule is NCC(C(=O)N(CCCl)N=O)C(O)(P(=O)(O)O)P(=O)(O)O. The largest absolute Gasteiger partial charge is 0.370 e. The first kappa shape index (κ1) is 20.6. The first-order valence-electron chi connectivity index (χ1n) is 5.12. The molecule has 0 saturated heterocycles. The van der Waals surface area contributed by atoms with Gasteiger partial charge in [-0.25, -0.2) is 0 Å². The lowest BCUT2D eigenvalue weighted by molar-refractivity contribution is -0.139. The van der Waals surface area contributed by atoms with Gasteiger partial charge in [-0.1, -0.05) is 0 Å². The molecule has 21 heavy (non-hydrogen) atoms. The Hall–Kier alpha value is -0.420. The van der Waals surface area contributed by atoms with Crippen LogP contribution in [-0.2, 0) is 13.9 Å². The van der Waals surface area contributed by atoms with Gasteiger partial charge in [0.2, 0.25) is 0 Å². The standard InChI is InChI=1S/C6H14ClN3O9P2/c7-1-2-10(9-13)5(11)4(3-8)6(12,20(14,15)16)21(17,18)19/h4,12H,1-3,8H2,(H2,14,15,16)(H2,17,18,19). The summed E-state index contributed by atoms with van der Waals surface area (Å²) < 4.78 is 22.5. The molecule has 0 aliphatic carbocycles. The molecular weight excluding hydrogens is 355 g/mol. The van der Waals surface area contributed by atoms with Crippen molar-refractivity contribution in [2.24, 2.45) is 16.9 Å². The zero-order valence-electron chi connectivity index (χ0n) is 10.3. The Kier molecular flexibility index (Phi) is 7.08. The van der Waals surface area contributed by atoms with Crippen molar-refractivity contribution in [3.05, 3.63) is 4.91 Å². The van der Waals surface area contributed by atoms with Gasteiger partial charge in [-0.2, -0.15) is 5.01 Å². The third-order valence-corrected chi connectivity index (χ3v) is 6.58. The highest BCUT2D eigenvalue weighted by Crippen LogP contribution is 2.70. The summed E-state index contributed by atoms with van der Waals surface area (Å²) in [5.74, 6) is -4.36. The van der Waals surface area contributed by atoms with Gasteiger partial charge in [-0.05, 0) is 0 Å². The maximum absolute atomic E-state index is 11.9. The number of hydrogen-bond donors (Lipinski definition) is 6. The van der Waals surface area contributed by atoms with Crippen LogP contribution >= 0.6 is 26.8 Å². The fourth-order valence-electron chi connectivity index (χ4n) is 1.45. The highest BCUT2D eigenvalue weighted by molar-refractivity contribution is 7.72.